The molecule has 21 heavy (non-hydrogen) atoms. The molecule has 3 N–H and O–H groups in total. The molecule has 1 saturated heterocycles. The normalized spacial score (nSPS) is 17.9. The molecule has 0 aromatic heterocycles. The first kappa shape index (κ1) is 16.5. The molecule has 1 aliphatic rings. The van der Waals surface area contributed by atoms with Gasteiger partial charge in [-0.2, -0.15) is 4.31 Å². The number of anilines is 1. The Bertz CT molecular complexity index is 613. The molecule has 0 amide bonds. The van der Waals surface area contributed by atoms with Crippen molar-refractivity contribution in [2.75, 3.05) is 32.5 Å². The van der Waals surface area contributed by atoms with Gasteiger partial charge in [0.25, 0.3) is 0 Å². The SMILES string of the molecule is COc1cc(Br)c(N)cc1S(=O)(=O)N1CCC(CO)CC1. The monoisotopic (exact) mass is 378 g/mol. The van der Waals surface area contributed by atoms with Crippen molar-refractivity contribution in [2.24, 2.45) is 5.92 Å². The number of ether oxygens (including phenoxy) is 1. The van der Waals surface area contributed by atoms with Gasteiger partial charge in [0, 0.05) is 29.9 Å². The Balaban J connectivity index is 2.34. The van der Waals surface area contributed by atoms with E-state index in [2.05, 4.69) is 15.9 Å². The van der Waals surface area contributed by atoms with Gasteiger partial charge in [0.2, 0.25) is 10.0 Å². The highest BCUT2D eigenvalue weighted by molar-refractivity contribution is 9.10. The van der Waals surface area contributed by atoms with Gasteiger partial charge in [-0.05, 0) is 46.8 Å². The minimum Gasteiger partial charge on any atom is -0.495 e. The number of methoxy groups -OCH3 is 1. The molecule has 0 bridgehead atoms. The van der Waals surface area contributed by atoms with E-state index in [0.717, 1.165) is 0 Å². The third-order valence-electron chi connectivity index (χ3n) is 3.73. The molecule has 0 aliphatic carbocycles. The van der Waals surface area contributed by atoms with Gasteiger partial charge in [0.1, 0.15) is 10.6 Å². The minimum absolute atomic E-state index is 0.0770. The van der Waals surface area contributed by atoms with E-state index in [1.165, 1.54) is 17.5 Å². The third kappa shape index (κ3) is 3.33. The van der Waals surface area contributed by atoms with Gasteiger partial charge < -0.3 is 15.6 Å². The van der Waals surface area contributed by atoms with Crippen LogP contribution in [0.3, 0.4) is 0 Å². The van der Waals surface area contributed by atoms with Gasteiger partial charge in [0.05, 0.1) is 7.11 Å². The number of rotatable bonds is 4. The Kier molecular flexibility index (Phi) is 5.13. The van der Waals surface area contributed by atoms with Gasteiger partial charge in [0.15, 0.2) is 0 Å². The predicted molar refractivity (Wildman–Crippen MR) is 83.7 cm³/mol. The molecule has 1 aromatic carbocycles. The van der Waals surface area contributed by atoms with Crippen LogP contribution in [0.15, 0.2) is 21.5 Å². The highest BCUT2D eigenvalue weighted by Crippen LogP contribution is 2.35. The van der Waals surface area contributed by atoms with Crippen LogP contribution in [-0.4, -0.2) is 44.6 Å². The Morgan fingerprint density at radius 3 is 2.57 bits per heavy atom. The fraction of sp³-hybridized carbons (Fsp3) is 0.538. The second kappa shape index (κ2) is 6.51. The molecule has 0 atom stereocenters. The van der Waals surface area contributed by atoms with Crippen LogP contribution in [0.1, 0.15) is 12.8 Å². The van der Waals surface area contributed by atoms with Crippen LogP contribution < -0.4 is 10.5 Å². The van der Waals surface area contributed by atoms with E-state index in [0.29, 0.717) is 36.1 Å². The first-order valence-electron chi connectivity index (χ1n) is 6.64. The average Bonchev–Trinajstić information content (AvgIpc) is 2.49. The maximum absolute atomic E-state index is 12.7. The highest BCUT2D eigenvalue weighted by atomic mass is 79.9. The van der Waals surface area contributed by atoms with E-state index < -0.39 is 10.0 Å². The van der Waals surface area contributed by atoms with Crippen molar-refractivity contribution >= 4 is 31.6 Å². The van der Waals surface area contributed by atoms with Crippen molar-refractivity contribution in [2.45, 2.75) is 17.7 Å². The number of aliphatic hydroxyl groups excluding tert-OH is 1. The fourth-order valence-corrected chi connectivity index (χ4v) is 4.35. The van der Waals surface area contributed by atoms with Gasteiger partial charge in [-0.1, -0.05) is 0 Å². The van der Waals surface area contributed by atoms with Crippen LogP contribution in [0.2, 0.25) is 0 Å². The first-order valence-corrected chi connectivity index (χ1v) is 8.87. The van der Waals surface area contributed by atoms with Crippen LogP contribution in [0.25, 0.3) is 0 Å². The van der Waals surface area contributed by atoms with E-state index in [1.54, 1.807) is 6.07 Å². The molecule has 118 valence electrons. The van der Waals surface area contributed by atoms with Crippen LogP contribution in [0, 0.1) is 5.92 Å². The third-order valence-corrected chi connectivity index (χ3v) is 6.34. The minimum atomic E-state index is -3.65. The van der Waals surface area contributed by atoms with E-state index in [9.17, 15) is 8.42 Å². The van der Waals surface area contributed by atoms with Crippen molar-refractivity contribution in [1.29, 1.82) is 0 Å². The molecule has 1 fully saturated rings. The number of nitrogens with zero attached hydrogens (tertiary/aromatic N) is 1. The smallest absolute Gasteiger partial charge is 0.246 e. The Hall–Kier alpha value is -0.830. The van der Waals surface area contributed by atoms with E-state index >= 15 is 0 Å². The van der Waals surface area contributed by atoms with Gasteiger partial charge >= 0.3 is 0 Å². The lowest BCUT2D eigenvalue weighted by atomic mass is 10.00. The van der Waals surface area contributed by atoms with Gasteiger partial charge in [-0.25, -0.2) is 8.42 Å². The topological polar surface area (TPSA) is 92.9 Å². The molecule has 0 unspecified atom stereocenters. The van der Waals surface area contributed by atoms with Crippen LogP contribution >= 0.6 is 15.9 Å². The number of nitrogen functional groups attached to an aromatic ring is 1. The summed E-state index contributed by atoms with van der Waals surface area (Å²) in [6.07, 6.45) is 1.31. The zero-order chi connectivity index (χ0) is 15.6. The second-order valence-electron chi connectivity index (χ2n) is 5.05. The average molecular weight is 379 g/mol. The van der Waals surface area contributed by atoms with E-state index in [-0.39, 0.29) is 23.2 Å². The summed E-state index contributed by atoms with van der Waals surface area (Å²) in [6, 6.07) is 2.97. The molecule has 1 aromatic rings. The Morgan fingerprint density at radius 1 is 1.43 bits per heavy atom. The first-order chi connectivity index (χ1) is 9.90. The molecule has 0 radical (unpaired) electrons. The highest BCUT2D eigenvalue weighted by Gasteiger charge is 2.31. The summed E-state index contributed by atoms with van der Waals surface area (Å²) < 4.78 is 32.7. The molecule has 0 saturated carbocycles. The number of hydrogen-bond acceptors (Lipinski definition) is 5. The number of aliphatic hydroxyl groups is 1. The standard InChI is InChI=1S/C13H19BrN2O4S/c1-20-12-6-10(14)11(15)7-13(12)21(18,19)16-4-2-9(8-17)3-5-16/h6-7,9,17H,2-5,8,15H2,1H3. The lowest BCUT2D eigenvalue weighted by Crippen LogP contribution is -2.39. The summed E-state index contributed by atoms with van der Waals surface area (Å²) in [7, 11) is -2.22. The molecule has 1 aliphatic heterocycles. The van der Waals surface area contributed by atoms with Crippen molar-refractivity contribution in [3.63, 3.8) is 0 Å². The predicted octanol–water partition coefficient (Wildman–Crippen LogP) is 1.43. The van der Waals surface area contributed by atoms with E-state index in [4.69, 9.17) is 15.6 Å². The molecule has 2 rings (SSSR count). The summed E-state index contributed by atoms with van der Waals surface area (Å²) in [4.78, 5) is 0.0770. The summed E-state index contributed by atoms with van der Waals surface area (Å²) >= 11 is 3.26. The number of sulfonamides is 1. The summed E-state index contributed by atoms with van der Waals surface area (Å²) in [5.74, 6) is 0.439. The molecule has 1 heterocycles. The van der Waals surface area contributed by atoms with Crippen molar-refractivity contribution < 1.29 is 18.3 Å². The van der Waals surface area contributed by atoms with Crippen LogP contribution in [-0.2, 0) is 10.0 Å². The van der Waals surface area contributed by atoms with Crippen molar-refractivity contribution in [3.05, 3.63) is 16.6 Å². The zero-order valence-corrected chi connectivity index (χ0v) is 14.2. The number of benzene rings is 1. The zero-order valence-electron chi connectivity index (χ0n) is 11.8. The number of halogens is 1. The summed E-state index contributed by atoms with van der Waals surface area (Å²) in [5, 5.41) is 9.14. The lowest BCUT2D eigenvalue weighted by Gasteiger charge is -2.30. The largest absolute Gasteiger partial charge is 0.495 e. The number of nitrogens with two attached hydrogens (primary N) is 1. The Labute approximate surface area is 133 Å². The van der Waals surface area contributed by atoms with Crippen molar-refractivity contribution in [1.82, 2.24) is 4.31 Å². The summed E-state index contributed by atoms with van der Waals surface area (Å²) in [6.45, 7) is 0.891. The molecular weight excluding hydrogens is 360 g/mol. The number of piperidine rings is 1. The Morgan fingerprint density at radius 2 is 2.05 bits per heavy atom. The molecule has 0 spiro atoms. The van der Waals surface area contributed by atoms with Gasteiger partial charge in [-0.15, -0.1) is 0 Å². The molecule has 8 heteroatoms. The lowest BCUT2D eigenvalue weighted by molar-refractivity contribution is 0.170. The maximum Gasteiger partial charge on any atom is 0.246 e. The number of hydrogen-bond donors (Lipinski definition) is 2. The van der Waals surface area contributed by atoms with E-state index in [1.807, 2.05) is 0 Å². The van der Waals surface area contributed by atoms with Crippen molar-refractivity contribution in [3.8, 4) is 5.75 Å². The second-order valence-corrected chi connectivity index (χ2v) is 7.82. The maximum atomic E-state index is 12.7. The quantitative estimate of drug-likeness (QED) is 0.773. The van der Waals surface area contributed by atoms with Crippen LogP contribution in [0.4, 0.5) is 5.69 Å². The molecule has 6 nitrogen and oxygen atoms in total. The van der Waals surface area contributed by atoms with Crippen LogP contribution in [0.5, 0.6) is 5.75 Å². The summed E-state index contributed by atoms with van der Waals surface area (Å²) in [5.41, 5.74) is 6.14. The van der Waals surface area contributed by atoms with Gasteiger partial charge in [-0.3, -0.25) is 0 Å². The fourth-order valence-electron chi connectivity index (χ4n) is 2.38. The molecular formula is C13H19BrN2O4S.